The summed E-state index contributed by atoms with van der Waals surface area (Å²) in [5.41, 5.74) is 7.63. The molecule has 3 aliphatic rings. The van der Waals surface area contributed by atoms with Gasteiger partial charge in [0.15, 0.2) is 0 Å². The van der Waals surface area contributed by atoms with Crippen LogP contribution < -0.4 is 4.90 Å². The van der Waals surface area contributed by atoms with Crippen LogP contribution in [0.15, 0.2) is 17.0 Å². The van der Waals surface area contributed by atoms with E-state index in [2.05, 4.69) is 42.8 Å². The molecule has 0 unspecified atom stereocenters. The normalized spacial score (nSPS) is 22.4. The standard InChI is InChI=1S/C25H30N4O2S/c1-4-17-12-28(7-8-29(17)24(30)22-14-32-15-27-22)23-9-18(16-5-6-16)21-13-31-25(2,3)10-19(21)20(23)11-26/h9,14-17H,4-8,10,12-13H2,1-3H3/t17-/m1/s1. The van der Waals surface area contributed by atoms with E-state index in [4.69, 9.17) is 4.74 Å². The zero-order valence-corrected chi connectivity index (χ0v) is 19.9. The predicted octanol–water partition coefficient (Wildman–Crippen LogP) is 4.48. The van der Waals surface area contributed by atoms with Gasteiger partial charge in [-0.25, -0.2) is 4.98 Å². The van der Waals surface area contributed by atoms with Crippen molar-refractivity contribution in [3.63, 3.8) is 0 Å². The zero-order chi connectivity index (χ0) is 22.5. The molecule has 1 atom stereocenters. The highest BCUT2D eigenvalue weighted by Crippen LogP contribution is 2.47. The number of ether oxygens (including phenoxy) is 1. The van der Waals surface area contributed by atoms with E-state index in [9.17, 15) is 10.1 Å². The summed E-state index contributed by atoms with van der Waals surface area (Å²) < 4.78 is 6.13. The SMILES string of the molecule is CC[C@@H]1CN(c2cc(C3CC3)c3c(c2C#N)CC(C)(C)OC3)CCN1C(=O)c1cscn1. The second kappa shape index (κ2) is 8.17. The number of hydrogen-bond donors (Lipinski definition) is 0. The van der Waals surface area contributed by atoms with Gasteiger partial charge in [0.2, 0.25) is 0 Å². The quantitative estimate of drug-likeness (QED) is 0.687. The molecule has 3 heterocycles. The summed E-state index contributed by atoms with van der Waals surface area (Å²) in [5, 5.41) is 12.0. The number of anilines is 1. The van der Waals surface area contributed by atoms with Crippen LogP contribution >= 0.6 is 11.3 Å². The van der Waals surface area contributed by atoms with Gasteiger partial charge in [-0.3, -0.25) is 4.79 Å². The first-order chi connectivity index (χ1) is 15.4. The van der Waals surface area contributed by atoms with Crippen molar-refractivity contribution in [3.05, 3.63) is 44.9 Å². The number of rotatable bonds is 4. The molecule has 5 rings (SSSR count). The van der Waals surface area contributed by atoms with Crippen molar-refractivity contribution in [1.82, 2.24) is 9.88 Å². The molecule has 6 nitrogen and oxygen atoms in total. The topological polar surface area (TPSA) is 69.5 Å². The summed E-state index contributed by atoms with van der Waals surface area (Å²) in [6.45, 7) is 9.05. The van der Waals surface area contributed by atoms with E-state index in [1.165, 1.54) is 40.9 Å². The van der Waals surface area contributed by atoms with Crippen molar-refractivity contribution in [3.8, 4) is 6.07 Å². The van der Waals surface area contributed by atoms with E-state index in [1.54, 1.807) is 5.51 Å². The first kappa shape index (κ1) is 21.4. The minimum absolute atomic E-state index is 0.0151. The lowest BCUT2D eigenvalue weighted by molar-refractivity contribution is -0.0405. The number of piperazine rings is 1. The van der Waals surface area contributed by atoms with Crippen molar-refractivity contribution in [1.29, 1.82) is 5.26 Å². The summed E-state index contributed by atoms with van der Waals surface area (Å²) in [6.07, 6.45) is 4.07. The Balaban J connectivity index is 1.49. The van der Waals surface area contributed by atoms with Crippen molar-refractivity contribution >= 4 is 22.9 Å². The summed E-state index contributed by atoms with van der Waals surface area (Å²) in [6, 6.07) is 4.91. The molecule has 2 aromatic rings. The zero-order valence-electron chi connectivity index (χ0n) is 19.1. The van der Waals surface area contributed by atoms with Crippen LogP contribution in [-0.4, -0.2) is 47.1 Å². The van der Waals surface area contributed by atoms with Crippen LogP contribution in [0.2, 0.25) is 0 Å². The highest BCUT2D eigenvalue weighted by molar-refractivity contribution is 7.07. The summed E-state index contributed by atoms with van der Waals surface area (Å²) in [7, 11) is 0. The molecular weight excluding hydrogens is 420 g/mol. The van der Waals surface area contributed by atoms with E-state index < -0.39 is 0 Å². The fourth-order valence-corrected chi connectivity index (χ4v) is 5.71. The van der Waals surface area contributed by atoms with Crippen LogP contribution in [0, 0.1) is 11.3 Å². The van der Waals surface area contributed by atoms with Crippen LogP contribution in [-0.2, 0) is 17.8 Å². The molecule has 2 fully saturated rings. The first-order valence-corrected chi connectivity index (χ1v) is 12.5. The lowest BCUT2D eigenvalue weighted by atomic mass is 9.84. The van der Waals surface area contributed by atoms with Crippen molar-refractivity contribution in [2.24, 2.45) is 0 Å². The van der Waals surface area contributed by atoms with Gasteiger partial charge in [0.05, 0.1) is 29.0 Å². The van der Waals surface area contributed by atoms with Crippen LogP contribution in [0.25, 0.3) is 0 Å². The average Bonchev–Trinajstić information content (AvgIpc) is 3.49. The summed E-state index contributed by atoms with van der Waals surface area (Å²) in [4.78, 5) is 21.5. The Bertz CT molecular complexity index is 1070. The van der Waals surface area contributed by atoms with Gasteiger partial charge in [-0.1, -0.05) is 6.92 Å². The van der Waals surface area contributed by atoms with Gasteiger partial charge < -0.3 is 14.5 Å². The number of hydrogen-bond acceptors (Lipinski definition) is 6. The molecule has 1 saturated heterocycles. The van der Waals surface area contributed by atoms with Crippen LogP contribution in [0.5, 0.6) is 0 Å². The van der Waals surface area contributed by atoms with Gasteiger partial charge >= 0.3 is 0 Å². The first-order valence-electron chi connectivity index (χ1n) is 11.6. The fraction of sp³-hybridized carbons (Fsp3) is 0.560. The number of carbonyl (C=O) groups is 1. The Morgan fingerprint density at radius 3 is 2.81 bits per heavy atom. The molecule has 1 amide bonds. The molecule has 0 radical (unpaired) electrons. The van der Waals surface area contributed by atoms with E-state index in [0.717, 1.165) is 37.2 Å². The highest BCUT2D eigenvalue weighted by atomic mass is 32.1. The lowest BCUT2D eigenvalue weighted by Crippen LogP contribution is -2.55. The molecule has 0 N–H and O–H groups in total. The van der Waals surface area contributed by atoms with E-state index in [1.807, 2.05) is 10.3 Å². The van der Waals surface area contributed by atoms with E-state index in [-0.39, 0.29) is 17.6 Å². The number of nitrogens with zero attached hydrogens (tertiary/aromatic N) is 4. The molecule has 1 aliphatic carbocycles. The Kier molecular flexibility index (Phi) is 5.47. The fourth-order valence-electron chi connectivity index (χ4n) is 5.19. The second-order valence-corrected chi connectivity index (χ2v) is 10.5. The number of thiazole rings is 1. The highest BCUT2D eigenvalue weighted by Gasteiger charge is 2.37. The van der Waals surface area contributed by atoms with Gasteiger partial charge in [0.25, 0.3) is 5.91 Å². The summed E-state index contributed by atoms with van der Waals surface area (Å²) >= 11 is 1.45. The third-order valence-electron chi connectivity index (χ3n) is 7.11. The molecule has 0 spiro atoms. The van der Waals surface area contributed by atoms with Crippen molar-refractivity contribution < 1.29 is 9.53 Å². The predicted molar refractivity (Wildman–Crippen MR) is 125 cm³/mol. The Morgan fingerprint density at radius 1 is 1.34 bits per heavy atom. The average molecular weight is 451 g/mol. The van der Waals surface area contributed by atoms with Crippen LogP contribution in [0.4, 0.5) is 5.69 Å². The van der Waals surface area contributed by atoms with Crippen LogP contribution in [0.1, 0.15) is 78.7 Å². The van der Waals surface area contributed by atoms with E-state index in [0.29, 0.717) is 24.8 Å². The Labute approximate surface area is 193 Å². The van der Waals surface area contributed by atoms with Gasteiger partial charge in [0.1, 0.15) is 11.8 Å². The number of nitriles is 1. The van der Waals surface area contributed by atoms with Gasteiger partial charge in [-0.05, 0) is 61.8 Å². The maximum absolute atomic E-state index is 13.0. The van der Waals surface area contributed by atoms with Crippen LogP contribution in [0.3, 0.4) is 0 Å². The maximum atomic E-state index is 13.0. The monoisotopic (exact) mass is 450 g/mol. The second-order valence-electron chi connectivity index (χ2n) is 9.81. The minimum Gasteiger partial charge on any atom is -0.371 e. The molecule has 1 aromatic carbocycles. The molecule has 1 saturated carbocycles. The largest absolute Gasteiger partial charge is 0.371 e. The number of aromatic nitrogens is 1. The van der Waals surface area contributed by atoms with Crippen molar-refractivity contribution in [2.75, 3.05) is 24.5 Å². The minimum atomic E-state index is -0.261. The Hall–Kier alpha value is -2.43. The number of amides is 1. The number of benzene rings is 1. The summed E-state index contributed by atoms with van der Waals surface area (Å²) in [5.74, 6) is 0.607. The van der Waals surface area contributed by atoms with E-state index >= 15 is 0 Å². The van der Waals surface area contributed by atoms with Gasteiger partial charge in [-0.2, -0.15) is 5.26 Å². The molecule has 0 bridgehead atoms. The molecular formula is C25H30N4O2S. The molecule has 7 heteroatoms. The molecule has 2 aliphatic heterocycles. The maximum Gasteiger partial charge on any atom is 0.273 e. The molecule has 168 valence electrons. The van der Waals surface area contributed by atoms with Gasteiger partial charge in [0, 0.05) is 37.5 Å². The lowest BCUT2D eigenvalue weighted by Gasteiger charge is -2.43. The molecule has 32 heavy (non-hydrogen) atoms. The number of fused-ring (bicyclic) bond motifs is 1. The number of carbonyl (C=O) groups excluding carboxylic acids is 1. The smallest absolute Gasteiger partial charge is 0.273 e. The third-order valence-corrected chi connectivity index (χ3v) is 7.70. The van der Waals surface area contributed by atoms with Gasteiger partial charge in [-0.15, -0.1) is 11.3 Å². The third kappa shape index (κ3) is 3.80. The van der Waals surface area contributed by atoms with Crippen molar-refractivity contribution in [2.45, 2.75) is 70.6 Å². The Morgan fingerprint density at radius 2 is 2.16 bits per heavy atom. The molecule has 1 aromatic heterocycles.